The molecule has 0 radical (unpaired) electrons. The predicted molar refractivity (Wildman–Crippen MR) is 50.8 cm³/mol. The van der Waals surface area contributed by atoms with Crippen LogP contribution in [0.25, 0.3) is 0 Å². The Bertz CT molecular complexity index is 286. The number of alkyl halides is 3. The summed E-state index contributed by atoms with van der Waals surface area (Å²) in [6.07, 6.45) is -0.378. The quantitative estimate of drug-likeness (QED) is 0.672. The van der Waals surface area contributed by atoms with Crippen molar-refractivity contribution in [3.63, 3.8) is 0 Å². The van der Waals surface area contributed by atoms with Crippen LogP contribution in [0.3, 0.4) is 0 Å². The fraction of sp³-hybridized carbons (Fsp3) is 0.286. The lowest BCUT2D eigenvalue weighted by molar-refractivity contribution is 0.114. The molecule has 0 aromatic carbocycles. The molecule has 0 aliphatic heterocycles. The van der Waals surface area contributed by atoms with Crippen LogP contribution in [0.2, 0.25) is 0 Å². The highest BCUT2D eigenvalue weighted by molar-refractivity contribution is 9.25. The summed E-state index contributed by atoms with van der Waals surface area (Å²) in [6, 6.07) is 2.30. The van der Waals surface area contributed by atoms with Crippen molar-refractivity contribution in [2.45, 2.75) is 9.59 Å². The molecule has 1 aromatic heterocycles. The zero-order valence-electron chi connectivity index (χ0n) is 6.22. The van der Waals surface area contributed by atoms with E-state index in [2.05, 4.69) is 36.8 Å². The van der Waals surface area contributed by atoms with Crippen LogP contribution >= 0.6 is 31.9 Å². The molecule has 0 amide bonds. The Morgan fingerprint density at radius 2 is 2.08 bits per heavy atom. The molecule has 2 nitrogen and oxygen atoms in total. The van der Waals surface area contributed by atoms with Crippen LogP contribution in [0.5, 0.6) is 0 Å². The Balaban J connectivity index is 2.90. The van der Waals surface area contributed by atoms with Gasteiger partial charge in [-0.25, -0.2) is 9.37 Å². The molecule has 1 aromatic rings. The SMILES string of the molecule is OC(c1ccc(F)nc1)C(F)(Br)Br. The Morgan fingerprint density at radius 1 is 1.46 bits per heavy atom. The lowest BCUT2D eigenvalue weighted by atomic mass is 10.2. The van der Waals surface area contributed by atoms with E-state index in [0.29, 0.717) is 0 Å². The van der Waals surface area contributed by atoms with Crippen molar-refractivity contribution in [2.75, 3.05) is 0 Å². The number of aliphatic hydroxyl groups is 1. The van der Waals surface area contributed by atoms with Crippen LogP contribution in [0.15, 0.2) is 18.3 Å². The molecule has 0 bridgehead atoms. The molecule has 1 unspecified atom stereocenters. The van der Waals surface area contributed by atoms with Gasteiger partial charge in [0.25, 0.3) is 0 Å². The third-order valence-corrected chi connectivity index (χ3v) is 2.24. The van der Waals surface area contributed by atoms with Crippen LogP contribution in [0.4, 0.5) is 8.78 Å². The van der Waals surface area contributed by atoms with Gasteiger partial charge in [0.2, 0.25) is 9.43 Å². The highest BCUT2D eigenvalue weighted by Crippen LogP contribution is 2.40. The Morgan fingerprint density at radius 3 is 2.46 bits per heavy atom. The molecule has 0 spiro atoms. The largest absolute Gasteiger partial charge is 0.383 e. The van der Waals surface area contributed by atoms with E-state index >= 15 is 0 Å². The summed E-state index contributed by atoms with van der Waals surface area (Å²) in [5.41, 5.74) is 0.178. The topological polar surface area (TPSA) is 33.1 Å². The van der Waals surface area contributed by atoms with Gasteiger partial charge in [-0.15, -0.1) is 0 Å². The van der Waals surface area contributed by atoms with Crippen molar-refractivity contribution < 1.29 is 13.9 Å². The number of hydrogen-bond donors (Lipinski definition) is 1. The number of hydrogen-bond acceptors (Lipinski definition) is 2. The van der Waals surface area contributed by atoms with Crippen molar-refractivity contribution in [3.8, 4) is 0 Å². The molecular formula is C7H5Br2F2NO. The second kappa shape index (κ2) is 3.98. The van der Waals surface area contributed by atoms with Gasteiger partial charge in [0.1, 0.15) is 6.10 Å². The van der Waals surface area contributed by atoms with Gasteiger partial charge in [-0.05, 0) is 37.9 Å². The fourth-order valence-corrected chi connectivity index (χ4v) is 1.27. The number of nitrogens with zero attached hydrogens (tertiary/aromatic N) is 1. The first-order valence-corrected chi connectivity index (χ1v) is 4.86. The van der Waals surface area contributed by atoms with Crippen molar-refractivity contribution in [3.05, 3.63) is 29.8 Å². The minimum atomic E-state index is -2.13. The normalized spacial score (nSPS) is 14.2. The van der Waals surface area contributed by atoms with Gasteiger partial charge in [0.15, 0.2) is 0 Å². The third-order valence-electron chi connectivity index (χ3n) is 1.38. The Labute approximate surface area is 90.2 Å². The van der Waals surface area contributed by atoms with Crippen LogP contribution in [0.1, 0.15) is 11.7 Å². The summed E-state index contributed by atoms with van der Waals surface area (Å²) < 4.78 is 23.2. The third kappa shape index (κ3) is 2.96. The molecule has 0 aliphatic rings. The second-order valence-corrected chi connectivity index (χ2v) is 5.73. The minimum absolute atomic E-state index is 0.178. The first-order chi connectivity index (χ1) is 5.91. The average Bonchev–Trinajstić information content (AvgIpc) is 2.03. The monoisotopic (exact) mass is 315 g/mol. The maximum absolute atomic E-state index is 13.0. The fourth-order valence-electron chi connectivity index (χ4n) is 0.738. The summed E-state index contributed by atoms with van der Waals surface area (Å²) in [5, 5.41) is 9.32. The van der Waals surface area contributed by atoms with Gasteiger partial charge >= 0.3 is 0 Å². The smallest absolute Gasteiger partial charge is 0.248 e. The van der Waals surface area contributed by atoms with Crippen LogP contribution in [-0.2, 0) is 0 Å². The summed E-state index contributed by atoms with van der Waals surface area (Å²) in [4.78, 5) is 3.28. The van der Waals surface area contributed by atoms with E-state index < -0.39 is 15.5 Å². The van der Waals surface area contributed by atoms with Crippen molar-refractivity contribution in [1.29, 1.82) is 0 Å². The van der Waals surface area contributed by atoms with E-state index in [1.165, 1.54) is 6.07 Å². The first kappa shape index (κ1) is 11.0. The molecule has 1 atom stereocenters. The Kier molecular flexibility index (Phi) is 3.37. The lowest BCUT2D eigenvalue weighted by Crippen LogP contribution is -2.16. The molecule has 1 heterocycles. The summed E-state index contributed by atoms with van der Waals surface area (Å²) in [5.74, 6) is -0.676. The second-order valence-electron chi connectivity index (χ2n) is 2.36. The molecule has 72 valence electrons. The zero-order chi connectivity index (χ0) is 10.1. The number of halogens is 4. The first-order valence-electron chi connectivity index (χ1n) is 3.27. The molecule has 0 fully saturated rings. The number of aromatic nitrogens is 1. The highest BCUT2D eigenvalue weighted by Gasteiger charge is 2.33. The summed E-state index contributed by atoms with van der Waals surface area (Å²) in [7, 11) is 0. The number of pyridine rings is 1. The summed E-state index contributed by atoms with van der Waals surface area (Å²) in [6.45, 7) is 0. The highest BCUT2D eigenvalue weighted by atomic mass is 79.9. The molecule has 1 rings (SSSR count). The average molecular weight is 317 g/mol. The maximum Gasteiger partial charge on any atom is 0.248 e. The standard InChI is InChI=1S/C7H5Br2F2NO/c8-7(9,11)6(13)4-1-2-5(10)12-3-4/h1-3,6,13H. The van der Waals surface area contributed by atoms with E-state index in [4.69, 9.17) is 0 Å². The molecule has 0 saturated heterocycles. The zero-order valence-corrected chi connectivity index (χ0v) is 9.39. The lowest BCUT2D eigenvalue weighted by Gasteiger charge is -2.17. The Hall–Kier alpha value is -0.0700. The van der Waals surface area contributed by atoms with Crippen molar-refractivity contribution >= 4 is 31.9 Å². The maximum atomic E-state index is 13.0. The number of rotatable bonds is 2. The summed E-state index contributed by atoms with van der Waals surface area (Å²) >= 11 is 5.16. The molecule has 1 N–H and O–H groups in total. The van der Waals surface area contributed by atoms with Gasteiger partial charge in [-0.2, -0.15) is 4.39 Å². The predicted octanol–water partition coefficient (Wildman–Crippen LogP) is 2.67. The van der Waals surface area contributed by atoms with E-state index in [9.17, 15) is 13.9 Å². The van der Waals surface area contributed by atoms with Crippen LogP contribution in [-0.4, -0.2) is 13.6 Å². The van der Waals surface area contributed by atoms with Gasteiger partial charge in [-0.3, -0.25) is 0 Å². The molecule has 0 aliphatic carbocycles. The van der Waals surface area contributed by atoms with Crippen LogP contribution < -0.4 is 0 Å². The van der Waals surface area contributed by atoms with Gasteiger partial charge in [0.05, 0.1) is 0 Å². The molecule has 6 heteroatoms. The van der Waals surface area contributed by atoms with E-state index in [-0.39, 0.29) is 5.56 Å². The van der Waals surface area contributed by atoms with Gasteiger partial charge < -0.3 is 5.11 Å². The van der Waals surface area contributed by atoms with E-state index in [1.807, 2.05) is 0 Å². The van der Waals surface area contributed by atoms with Crippen molar-refractivity contribution in [2.24, 2.45) is 0 Å². The van der Waals surface area contributed by atoms with Gasteiger partial charge in [-0.1, -0.05) is 6.07 Å². The molecule has 13 heavy (non-hydrogen) atoms. The van der Waals surface area contributed by atoms with Gasteiger partial charge in [0, 0.05) is 11.8 Å². The van der Waals surface area contributed by atoms with Crippen molar-refractivity contribution in [1.82, 2.24) is 4.98 Å². The van der Waals surface area contributed by atoms with Crippen LogP contribution in [0, 0.1) is 5.95 Å². The van der Waals surface area contributed by atoms with E-state index in [0.717, 1.165) is 12.3 Å². The molecular weight excluding hydrogens is 312 g/mol. The number of aliphatic hydroxyl groups excluding tert-OH is 1. The molecule has 0 saturated carbocycles. The minimum Gasteiger partial charge on any atom is -0.383 e. The van der Waals surface area contributed by atoms with E-state index in [1.54, 1.807) is 0 Å².